The fraction of sp³-hybridized carbons (Fsp3) is 0.500. The molecule has 0 fully saturated rings. The van der Waals surface area contributed by atoms with Crippen molar-refractivity contribution in [3.63, 3.8) is 0 Å². The monoisotopic (exact) mass is 266 g/mol. The van der Waals surface area contributed by atoms with Crippen molar-refractivity contribution in [2.24, 2.45) is 0 Å². The Morgan fingerprint density at radius 1 is 1.47 bits per heavy atom. The van der Waals surface area contributed by atoms with Crippen molar-refractivity contribution in [3.05, 3.63) is 23.8 Å². The average Bonchev–Trinajstić information content (AvgIpc) is 2.34. The van der Waals surface area contributed by atoms with Gasteiger partial charge >= 0.3 is 5.97 Å². The van der Waals surface area contributed by atoms with Crippen molar-refractivity contribution in [2.45, 2.75) is 32.7 Å². The number of aromatic hydroxyl groups is 1. The Labute approximate surface area is 113 Å². The van der Waals surface area contributed by atoms with Crippen LogP contribution >= 0.6 is 0 Å². The minimum atomic E-state index is -0.778. The van der Waals surface area contributed by atoms with E-state index in [1.807, 2.05) is 13.0 Å². The van der Waals surface area contributed by atoms with Crippen molar-refractivity contribution in [1.82, 2.24) is 4.90 Å². The molecule has 0 aliphatic carbocycles. The van der Waals surface area contributed by atoms with Gasteiger partial charge in [0.25, 0.3) is 0 Å². The summed E-state index contributed by atoms with van der Waals surface area (Å²) in [6, 6.07) is 5.42. The highest BCUT2D eigenvalue weighted by molar-refractivity contribution is 5.66. The summed E-state index contributed by atoms with van der Waals surface area (Å²) in [5.41, 5.74) is 7.07. The lowest BCUT2D eigenvalue weighted by Gasteiger charge is -2.27. The maximum Gasteiger partial charge on any atom is 0.304 e. The number of carbonyl (C=O) groups is 1. The highest BCUT2D eigenvalue weighted by atomic mass is 16.4. The molecule has 106 valence electrons. The Kier molecular flexibility index (Phi) is 5.63. The van der Waals surface area contributed by atoms with Crippen LogP contribution in [0, 0.1) is 0 Å². The number of nitrogens with zero attached hydrogens (tertiary/aromatic N) is 1. The van der Waals surface area contributed by atoms with E-state index in [1.165, 1.54) is 0 Å². The van der Waals surface area contributed by atoms with Gasteiger partial charge in [-0.15, -0.1) is 0 Å². The van der Waals surface area contributed by atoms with Gasteiger partial charge in [0.15, 0.2) is 0 Å². The standard InChI is InChI=1S/C14H22N2O3/c1-3-16(7-6-14(18)19)10(2)8-11-4-5-13(17)12(15)9-11/h4-5,9-10,17H,3,6-8,15H2,1-2H3,(H,18,19). The van der Waals surface area contributed by atoms with E-state index in [1.54, 1.807) is 12.1 Å². The number of anilines is 1. The summed E-state index contributed by atoms with van der Waals surface area (Å²) >= 11 is 0. The maximum atomic E-state index is 10.6. The Bertz CT molecular complexity index is 435. The van der Waals surface area contributed by atoms with Gasteiger partial charge in [0.2, 0.25) is 0 Å². The molecule has 0 saturated carbocycles. The predicted octanol–water partition coefficient (Wildman–Crippen LogP) is 1.70. The molecule has 0 aliphatic rings. The number of carboxylic acids is 1. The summed E-state index contributed by atoms with van der Waals surface area (Å²) in [4.78, 5) is 12.7. The number of rotatable bonds is 7. The van der Waals surface area contributed by atoms with Crippen LogP contribution in [0.2, 0.25) is 0 Å². The zero-order valence-electron chi connectivity index (χ0n) is 11.5. The Morgan fingerprint density at radius 3 is 2.68 bits per heavy atom. The molecule has 0 heterocycles. The van der Waals surface area contributed by atoms with Crippen molar-refractivity contribution < 1.29 is 15.0 Å². The van der Waals surface area contributed by atoms with E-state index in [0.717, 1.165) is 18.5 Å². The van der Waals surface area contributed by atoms with Crippen LogP contribution in [0.4, 0.5) is 5.69 Å². The molecule has 1 rings (SSSR count). The summed E-state index contributed by atoms with van der Waals surface area (Å²) in [6.45, 7) is 5.43. The molecule has 1 unspecified atom stereocenters. The van der Waals surface area contributed by atoms with Crippen LogP contribution in [0.15, 0.2) is 18.2 Å². The highest BCUT2D eigenvalue weighted by Gasteiger charge is 2.14. The van der Waals surface area contributed by atoms with E-state index >= 15 is 0 Å². The molecule has 0 bridgehead atoms. The van der Waals surface area contributed by atoms with Gasteiger partial charge < -0.3 is 20.8 Å². The largest absolute Gasteiger partial charge is 0.506 e. The second kappa shape index (κ2) is 6.99. The zero-order valence-corrected chi connectivity index (χ0v) is 11.5. The first-order valence-electron chi connectivity index (χ1n) is 6.47. The number of nitrogens with two attached hydrogens (primary N) is 1. The number of phenolic OH excluding ortho intramolecular Hbond substituents is 1. The number of nitrogen functional groups attached to an aromatic ring is 1. The maximum absolute atomic E-state index is 10.6. The van der Waals surface area contributed by atoms with Crippen LogP contribution in [0.3, 0.4) is 0 Å². The number of hydrogen-bond donors (Lipinski definition) is 3. The van der Waals surface area contributed by atoms with E-state index in [-0.39, 0.29) is 18.2 Å². The SMILES string of the molecule is CCN(CCC(=O)O)C(C)Cc1ccc(O)c(N)c1. The molecule has 5 heteroatoms. The number of carboxylic acid groups (broad SMARTS) is 1. The third kappa shape index (κ3) is 4.79. The van der Waals surface area contributed by atoms with Crippen LogP contribution in [0.5, 0.6) is 5.75 Å². The summed E-state index contributed by atoms with van der Waals surface area (Å²) in [6.07, 6.45) is 0.924. The lowest BCUT2D eigenvalue weighted by atomic mass is 10.0. The summed E-state index contributed by atoms with van der Waals surface area (Å²) in [7, 11) is 0. The lowest BCUT2D eigenvalue weighted by Crippen LogP contribution is -2.36. The van der Waals surface area contributed by atoms with Crippen LogP contribution in [-0.2, 0) is 11.2 Å². The average molecular weight is 266 g/mol. The minimum absolute atomic E-state index is 0.0922. The van der Waals surface area contributed by atoms with Crippen molar-refractivity contribution in [1.29, 1.82) is 0 Å². The van der Waals surface area contributed by atoms with E-state index in [0.29, 0.717) is 12.2 Å². The molecule has 0 spiro atoms. The highest BCUT2D eigenvalue weighted by Crippen LogP contribution is 2.21. The molecular weight excluding hydrogens is 244 g/mol. The van der Waals surface area contributed by atoms with Gasteiger partial charge in [-0.25, -0.2) is 0 Å². The fourth-order valence-electron chi connectivity index (χ4n) is 2.13. The normalized spacial score (nSPS) is 12.6. The quantitative estimate of drug-likeness (QED) is 0.516. The van der Waals surface area contributed by atoms with Gasteiger partial charge in [-0.3, -0.25) is 4.79 Å². The number of aliphatic carboxylic acids is 1. The number of likely N-dealkylation sites (N-methyl/N-ethyl adjacent to an activating group) is 1. The first kappa shape index (κ1) is 15.3. The van der Waals surface area contributed by atoms with Gasteiger partial charge in [-0.05, 0) is 37.6 Å². The number of benzene rings is 1. The van der Waals surface area contributed by atoms with E-state index in [4.69, 9.17) is 10.8 Å². The summed E-state index contributed by atoms with van der Waals surface area (Å²) in [5.74, 6) is -0.686. The second-order valence-electron chi connectivity index (χ2n) is 4.72. The van der Waals surface area contributed by atoms with Crippen LogP contribution in [0.1, 0.15) is 25.8 Å². The second-order valence-corrected chi connectivity index (χ2v) is 4.72. The molecule has 19 heavy (non-hydrogen) atoms. The Balaban J connectivity index is 2.62. The van der Waals surface area contributed by atoms with Gasteiger partial charge in [-0.1, -0.05) is 13.0 Å². The predicted molar refractivity (Wildman–Crippen MR) is 75.2 cm³/mol. The molecule has 0 saturated heterocycles. The topological polar surface area (TPSA) is 86.8 Å². The van der Waals surface area contributed by atoms with E-state index in [2.05, 4.69) is 11.8 Å². The van der Waals surface area contributed by atoms with Crippen molar-refractivity contribution >= 4 is 11.7 Å². The third-order valence-corrected chi connectivity index (χ3v) is 3.27. The first-order valence-corrected chi connectivity index (χ1v) is 6.47. The minimum Gasteiger partial charge on any atom is -0.506 e. The van der Waals surface area contributed by atoms with E-state index < -0.39 is 5.97 Å². The molecule has 4 N–H and O–H groups in total. The molecule has 5 nitrogen and oxygen atoms in total. The number of hydrogen-bond acceptors (Lipinski definition) is 4. The fourth-order valence-corrected chi connectivity index (χ4v) is 2.13. The molecule has 0 aromatic heterocycles. The molecule has 1 aromatic rings. The Morgan fingerprint density at radius 2 is 2.16 bits per heavy atom. The summed E-state index contributed by atoms with van der Waals surface area (Å²) in [5, 5.41) is 18.1. The van der Waals surface area contributed by atoms with Crippen LogP contribution in [0.25, 0.3) is 0 Å². The molecule has 0 radical (unpaired) electrons. The molecule has 1 aromatic carbocycles. The van der Waals surface area contributed by atoms with Crippen LogP contribution < -0.4 is 5.73 Å². The van der Waals surface area contributed by atoms with Crippen molar-refractivity contribution in [3.8, 4) is 5.75 Å². The van der Waals surface area contributed by atoms with Gasteiger partial charge in [0.05, 0.1) is 12.1 Å². The van der Waals surface area contributed by atoms with Gasteiger partial charge in [-0.2, -0.15) is 0 Å². The van der Waals surface area contributed by atoms with Crippen molar-refractivity contribution in [2.75, 3.05) is 18.8 Å². The van der Waals surface area contributed by atoms with Gasteiger partial charge in [0.1, 0.15) is 5.75 Å². The lowest BCUT2D eigenvalue weighted by molar-refractivity contribution is -0.137. The molecule has 0 amide bonds. The first-order chi connectivity index (χ1) is 8.93. The number of phenols is 1. The Hall–Kier alpha value is -1.75. The molecular formula is C14H22N2O3. The van der Waals surface area contributed by atoms with Gasteiger partial charge in [0, 0.05) is 12.6 Å². The molecule has 1 atom stereocenters. The smallest absolute Gasteiger partial charge is 0.304 e. The van der Waals surface area contributed by atoms with Crippen LogP contribution in [-0.4, -0.2) is 40.2 Å². The van der Waals surface area contributed by atoms with E-state index in [9.17, 15) is 9.90 Å². The summed E-state index contributed by atoms with van der Waals surface area (Å²) < 4.78 is 0. The zero-order chi connectivity index (χ0) is 14.4. The molecule has 0 aliphatic heterocycles. The third-order valence-electron chi connectivity index (χ3n) is 3.27.